The Morgan fingerprint density at radius 1 is 0.909 bits per heavy atom. The highest BCUT2D eigenvalue weighted by molar-refractivity contribution is 4.91. The molecule has 1 heterocycles. The minimum Gasteiger partial charge on any atom is -0.298 e. The zero-order valence-corrected chi connectivity index (χ0v) is 8.46. The topological polar surface area (TPSA) is 3.24 Å². The molecule has 1 nitrogen and oxygen atoms in total. The second-order valence-electron chi connectivity index (χ2n) is 4.03. The molecule has 0 bridgehead atoms. The molecule has 0 saturated carbocycles. The van der Waals surface area contributed by atoms with E-state index in [4.69, 9.17) is 0 Å². The molecule has 11 heavy (non-hydrogen) atoms. The lowest BCUT2D eigenvalue weighted by Gasteiger charge is -2.25. The van der Waals surface area contributed by atoms with Crippen LogP contribution in [0, 0.1) is 11.8 Å². The van der Waals surface area contributed by atoms with Gasteiger partial charge in [-0.2, -0.15) is 0 Å². The van der Waals surface area contributed by atoms with Gasteiger partial charge in [0.2, 0.25) is 0 Å². The monoisotopic (exact) mass is 155 g/mol. The fourth-order valence-corrected chi connectivity index (χ4v) is 2.43. The van der Waals surface area contributed by atoms with Crippen LogP contribution in [0.4, 0.5) is 0 Å². The van der Waals surface area contributed by atoms with E-state index in [1.165, 1.54) is 6.54 Å². The molecule has 2 unspecified atom stereocenters. The van der Waals surface area contributed by atoms with Gasteiger partial charge in [0.25, 0.3) is 0 Å². The molecular weight excluding hydrogens is 134 g/mol. The third kappa shape index (κ3) is 1.31. The Morgan fingerprint density at radius 3 is 1.45 bits per heavy atom. The number of hydrogen-bond donors (Lipinski definition) is 0. The van der Waals surface area contributed by atoms with Crippen molar-refractivity contribution in [2.45, 2.75) is 46.7 Å². The first kappa shape index (κ1) is 9.05. The maximum Gasteiger partial charge on any atom is 0.00984 e. The van der Waals surface area contributed by atoms with Gasteiger partial charge in [0.05, 0.1) is 0 Å². The summed E-state index contributed by atoms with van der Waals surface area (Å²) in [6, 6.07) is 1.56. The van der Waals surface area contributed by atoms with E-state index >= 15 is 0 Å². The van der Waals surface area contributed by atoms with E-state index in [1.54, 1.807) is 0 Å². The fourth-order valence-electron chi connectivity index (χ4n) is 2.43. The highest BCUT2D eigenvalue weighted by atomic mass is 15.2. The van der Waals surface area contributed by atoms with Gasteiger partial charge in [-0.05, 0) is 32.2 Å². The lowest BCUT2D eigenvalue weighted by Crippen LogP contribution is -2.34. The van der Waals surface area contributed by atoms with Crippen molar-refractivity contribution >= 4 is 0 Å². The summed E-state index contributed by atoms with van der Waals surface area (Å²) < 4.78 is 0. The van der Waals surface area contributed by atoms with Crippen molar-refractivity contribution in [3.05, 3.63) is 0 Å². The largest absolute Gasteiger partial charge is 0.298 e. The van der Waals surface area contributed by atoms with Crippen LogP contribution >= 0.6 is 0 Å². The predicted octanol–water partition coefficient (Wildman–Crippen LogP) is 2.37. The molecule has 0 aromatic carbocycles. The summed E-state index contributed by atoms with van der Waals surface area (Å²) in [4.78, 5) is 2.61. The van der Waals surface area contributed by atoms with E-state index in [-0.39, 0.29) is 0 Å². The Balaban J connectivity index is 2.69. The van der Waals surface area contributed by atoms with Gasteiger partial charge in [0.15, 0.2) is 0 Å². The summed E-state index contributed by atoms with van der Waals surface area (Å²) in [5, 5.41) is 0. The van der Waals surface area contributed by atoms with Crippen LogP contribution in [0.5, 0.6) is 0 Å². The third-order valence-corrected chi connectivity index (χ3v) is 3.76. The average molecular weight is 155 g/mol. The summed E-state index contributed by atoms with van der Waals surface area (Å²) in [7, 11) is 0. The summed E-state index contributed by atoms with van der Waals surface area (Å²) in [6.45, 7) is 12.9. The van der Waals surface area contributed by atoms with Gasteiger partial charge >= 0.3 is 0 Å². The van der Waals surface area contributed by atoms with Gasteiger partial charge in [0, 0.05) is 12.1 Å². The lowest BCUT2D eigenvalue weighted by atomic mass is 9.92. The molecule has 1 aliphatic rings. The summed E-state index contributed by atoms with van der Waals surface area (Å²) in [5.74, 6) is 1.73. The van der Waals surface area contributed by atoms with Crippen molar-refractivity contribution < 1.29 is 0 Å². The third-order valence-electron chi connectivity index (χ3n) is 3.76. The molecule has 0 aromatic rings. The van der Waals surface area contributed by atoms with Gasteiger partial charge in [-0.1, -0.05) is 20.8 Å². The van der Waals surface area contributed by atoms with Gasteiger partial charge in [-0.3, -0.25) is 4.90 Å². The quantitative estimate of drug-likeness (QED) is 0.562. The van der Waals surface area contributed by atoms with Crippen molar-refractivity contribution in [2.24, 2.45) is 11.8 Å². The van der Waals surface area contributed by atoms with Gasteiger partial charge in [-0.25, -0.2) is 0 Å². The van der Waals surface area contributed by atoms with E-state index in [9.17, 15) is 0 Å². The van der Waals surface area contributed by atoms with E-state index in [1.807, 2.05) is 0 Å². The molecule has 0 amide bonds. The summed E-state index contributed by atoms with van der Waals surface area (Å²) in [6.07, 6.45) is 0. The van der Waals surface area contributed by atoms with Crippen molar-refractivity contribution in [3.63, 3.8) is 0 Å². The molecule has 0 N–H and O–H groups in total. The second kappa shape index (κ2) is 3.14. The van der Waals surface area contributed by atoms with E-state index in [0.717, 1.165) is 23.9 Å². The van der Waals surface area contributed by atoms with Crippen LogP contribution in [0.25, 0.3) is 0 Å². The van der Waals surface area contributed by atoms with Gasteiger partial charge in [-0.15, -0.1) is 0 Å². The molecule has 1 aliphatic heterocycles. The van der Waals surface area contributed by atoms with Crippen LogP contribution < -0.4 is 0 Å². The molecule has 0 spiro atoms. The van der Waals surface area contributed by atoms with Crippen LogP contribution in [0.3, 0.4) is 0 Å². The van der Waals surface area contributed by atoms with E-state index in [2.05, 4.69) is 39.5 Å². The van der Waals surface area contributed by atoms with Crippen LogP contribution in [-0.2, 0) is 0 Å². The van der Waals surface area contributed by atoms with Crippen LogP contribution in [0.15, 0.2) is 0 Å². The lowest BCUT2D eigenvalue weighted by molar-refractivity contribution is 0.209. The van der Waals surface area contributed by atoms with Gasteiger partial charge < -0.3 is 0 Å². The first-order chi connectivity index (χ1) is 5.09. The standard InChI is InChI=1S/C10H21N/c1-6-11-9(4)7(2)8(3)10(11)5/h7-10H,6H2,1-5H3/t7-,8?,9?,10+/m0/s1. The number of hydrogen-bond acceptors (Lipinski definition) is 1. The van der Waals surface area contributed by atoms with Crippen LogP contribution in [-0.4, -0.2) is 23.5 Å². The minimum absolute atomic E-state index is 0.782. The zero-order chi connectivity index (χ0) is 8.59. The highest BCUT2D eigenvalue weighted by Crippen LogP contribution is 2.33. The smallest absolute Gasteiger partial charge is 0.00984 e. The molecule has 66 valence electrons. The Bertz CT molecular complexity index is 119. The van der Waals surface area contributed by atoms with E-state index in [0.29, 0.717) is 0 Å². The molecule has 1 rings (SSSR count). The molecule has 1 saturated heterocycles. The van der Waals surface area contributed by atoms with Crippen LogP contribution in [0.2, 0.25) is 0 Å². The highest BCUT2D eigenvalue weighted by Gasteiger charge is 2.37. The van der Waals surface area contributed by atoms with Crippen molar-refractivity contribution in [1.82, 2.24) is 4.90 Å². The van der Waals surface area contributed by atoms with Gasteiger partial charge in [0.1, 0.15) is 0 Å². The fraction of sp³-hybridized carbons (Fsp3) is 1.00. The first-order valence-electron chi connectivity index (χ1n) is 4.85. The predicted molar refractivity (Wildman–Crippen MR) is 49.6 cm³/mol. The Morgan fingerprint density at radius 2 is 1.27 bits per heavy atom. The minimum atomic E-state index is 0.782. The SMILES string of the molecule is CCN1C(C)[C@@H](C)C(C)[C@H]1C. The first-order valence-corrected chi connectivity index (χ1v) is 4.85. The molecule has 1 heteroatoms. The molecule has 0 radical (unpaired) electrons. The summed E-state index contributed by atoms with van der Waals surface area (Å²) in [5.41, 5.74) is 0. The molecule has 4 atom stereocenters. The van der Waals surface area contributed by atoms with Crippen LogP contribution in [0.1, 0.15) is 34.6 Å². The maximum atomic E-state index is 2.61. The maximum absolute atomic E-state index is 2.61. The molecule has 0 aliphatic carbocycles. The number of likely N-dealkylation sites (tertiary alicyclic amines) is 1. The van der Waals surface area contributed by atoms with Crippen molar-refractivity contribution in [1.29, 1.82) is 0 Å². The average Bonchev–Trinajstić information content (AvgIpc) is 2.17. The number of nitrogens with zero attached hydrogens (tertiary/aromatic N) is 1. The number of rotatable bonds is 1. The Hall–Kier alpha value is -0.0400. The molecule has 1 fully saturated rings. The van der Waals surface area contributed by atoms with Crippen molar-refractivity contribution in [2.75, 3.05) is 6.54 Å². The Labute approximate surface area is 70.8 Å². The second-order valence-corrected chi connectivity index (χ2v) is 4.03. The van der Waals surface area contributed by atoms with E-state index < -0.39 is 0 Å². The Kier molecular flexibility index (Phi) is 2.58. The zero-order valence-electron chi connectivity index (χ0n) is 8.46. The van der Waals surface area contributed by atoms with Crippen molar-refractivity contribution in [3.8, 4) is 0 Å². The summed E-state index contributed by atoms with van der Waals surface area (Å²) >= 11 is 0. The molecular formula is C10H21N. The normalized spacial score (nSPS) is 46.6. The molecule has 0 aromatic heterocycles.